The highest BCUT2D eigenvalue weighted by Gasteiger charge is 2.09. The Morgan fingerprint density at radius 1 is 1.53 bits per heavy atom. The van der Waals surface area contributed by atoms with Crippen LogP contribution in [0.5, 0.6) is 5.75 Å². The number of amides is 1. The van der Waals surface area contributed by atoms with Crippen molar-refractivity contribution in [3.63, 3.8) is 0 Å². The molecular weight excluding hydrogens is 249 g/mol. The van der Waals surface area contributed by atoms with Gasteiger partial charge in [-0.05, 0) is 31.4 Å². The first kappa shape index (κ1) is 15.4. The summed E-state index contributed by atoms with van der Waals surface area (Å²) in [4.78, 5) is 10.7. The van der Waals surface area contributed by atoms with Crippen molar-refractivity contribution in [3.05, 3.63) is 29.6 Å². The molecule has 1 unspecified atom stereocenters. The highest BCUT2D eigenvalue weighted by molar-refractivity contribution is 5.72. The van der Waals surface area contributed by atoms with Crippen LogP contribution in [0.4, 0.5) is 4.39 Å². The first-order valence-corrected chi connectivity index (χ1v) is 6.33. The molecule has 0 bridgehead atoms. The van der Waals surface area contributed by atoms with Crippen LogP contribution in [0.1, 0.15) is 25.8 Å². The largest absolute Gasteiger partial charge is 0.488 e. The minimum atomic E-state index is -0.379. The number of carbonyl (C=O) groups is 1. The van der Waals surface area contributed by atoms with Gasteiger partial charge in [-0.3, -0.25) is 4.79 Å². The number of hydrogen-bond acceptors (Lipinski definition) is 3. The van der Waals surface area contributed by atoms with Crippen molar-refractivity contribution in [2.45, 2.75) is 32.8 Å². The number of halogens is 1. The van der Waals surface area contributed by atoms with E-state index in [2.05, 4.69) is 5.32 Å². The van der Waals surface area contributed by atoms with Crippen LogP contribution in [-0.4, -0.2) is 30.3 Å². The number of ether oxygens (including phenoxy) is 1. The summed E-state index contributed by atoms with van der Waals surface area (Å²) in [5.74, 6) is 0.0135. The number of nitrogens with one attached hydrogen (secondary N) is 1. The number of benzene rings is 1. The summed E-state index contributed by atoms with van der Waals surface area (Å²) >= 11 is 0. The molecule has 1 rings (SSSR count). The molecule has 0 saturated carbocycles. The quantitative estimate of drug-likeness (QED) is 0.740. The van der Waals surface area contributed by atoms with Crippen molar-refractivity contribution >= 4 is 5.91 Å². The summed E-state index contributed by atoms with van der Waals surface area (Å²) < 4.78 is 18.7. The minimum Gasteiger partial charge on any atom is -0.488 e. The second kappa shape index (κ2) is 7.74. The fraction of sp³-hybridized carbons (Fsp3) is 0.500. The molecule has 19 heavy (non-hydrogen) atoms. The highest BCUT2D eigenvalue weighted by atomic mass is 19.1. The van der Waals surface area contributed by atoms with Crippen LogP contribution in [0.3, 0.4) is 0 Å². The molecular formula is C14H20FNO3. The van der Waals surface area contributed by atoms with Gasteiger partial charge in [-0.25, -0.2) is 4.39 Å². The monoisotopic (exact) mass is 269 g/mol. The first-order chi connectivity index (χ1) is 9.02. The molecule has 1 amide bonds. The molecule has 5 heteroatoms. The van der Waals surface area contributed by atoms with Crippen LogP contribution in [0.2, 0.25) is 0 Å². The lowest BCUT2D eigenvalue weighted by atomic mass is 10.1. The summed E-state index contributed by atoms with van der Waals surface area (Å²) in [5.41, 5.74) is 0.868. The standard InChI is InChI=1S/C14H20FNO3/c1-10(9-17)19-14-8-13(15)6-5-12(14)4-3-7-16-11(2)18/h5-6,8,10,17H,3-4,7,9H2,1-2H3,(H,16,18). The van der Waals surface area contributed by atoms with E-state index in [1.807, 2.05) is 0 Å². The number of carbonyl (C=O) groups excluding carboxylic acids is 1. The van der Waals surface area contributed by atoms with Crippen LogP contribution in [0, 0.1) is 5.82 Å². The van der Waals surface area contributed by atoms with Crippen LogP contribution in [0.25, 0.3) is 0 Å². The molecule has 4 nitrogen and oxygen atoms in total. The van der Waals surface area contributed by atoms with E-state index < -0.39 is 0 Å². The zero-order chi connectivity index (χ0) is 14.3. The van der Waals surface area contributed by atoms with Gasteiger partial charge in [-0.1, -0.05) is 6.07 Å². The van der Waals surface area contributed by atoms with Crippen LogP contribution < -0.4 is 10.1 Å². The minimum absolute atomic E-state index is 0.0653. The van der Waals surface area contributed by atoms with Crippen molar-refractivity contribution in [3.8, 4) is 5.75 Å². The maximum atomic E-state index is 13.2. The molecule has 0 heterocycles. The molecule has 1 atom stereocenters. The van der Waals surface area contributed by atoms with Gasteiger partial charge in [0.05, 0.1) is 6.61 Å². The average Bonchev–Trinajstić information content (AvgIpc) is 2.36. The molecule has 0 aromatic heterocycles. The molecule has 1 aromatic rings. The maximum Gasteiger partial charge on any atom is 0.216 e. The van der Waals surface area contributed by atoms with Gasteiger partial charge in [-0.15, -0.1) is 0 Å². The first-order valence-electron chi connectivity index (χ1n) is 6.33. The van der Waals surface area contributed by atoms with E-state index in [4.69, 9.17) is 9.84 Å². The van der Waals surface area contributed by atoms with E-state index in [-0.39, 0.29) is 24.4 Å². The Bertz CT molecular complexity index is 423. The molecule has 0 spiro atoms. The molecule has 0 fully saturated rings. The van der Waals surface area contributed by atoms with Crippen LogP contribution in [0.15, 0.2) is 18.2 Å². The van der Waals surface area contributed by atoms with E-state index >= 15 is 0 Å². The van der Waals surface area contributed by atoms with E-state index in [0.717, 1.165) is 12.0 Å². The third kappa shape index (κ3) is 5.70. The zero-order valence-electron chi connectivity index (χ0n) is 11.3. The Balaban J connectivity index is 2.62. The molecule has 0 aliphatic carbocycles. The topological polar surface area (TPSA) is 58.6 Å². The summed E-state index contributed by atoms with van der Waals surface area (Å²) in [6, 6.07) is 4.37. The molecule has 0 aliphatic rings. The van der Waals surface area contributed by atoms with Crippen LogP contribution >= 0.6 is 0 Å². The number of aryl methyl sites for hydroxylation is 1. The lowest BCUT2D eigenvalue weighted by Crippen LogP contribution is -2.21. The summed E-state index contributed by atoms with van der Waals surface area (Å²) in [5, 5.41) is 11.7. The Hall–Kier alpha value is -1.62. The fourth-order valence-corrected chi connectivity index (χ4v) is 1.64. The van der Waals surface area contributed by atoms with E-state index in [9.17, 15) is 9.18 Å². The number of hydrogen-bond donors (Lipinski definition) is 2. The smallest absolute Gasteiger partial charge is 0.216 e. The van der Waals surface area contributed by atoms with Crippen molar-refractivity contribution < 1.29 is 19.0 Å². The third-order valence-electron chi connectivity index (χ3n) is 2.61. The third-order valence-corrected chi connectivity index (χ3v) is 2.61. The summed E-state index contributed by atoms with van der Waals surface area (Å²) in [6.07, 6.45) is 1.04. The van der Waals surface area contributed by atoms with Gasteiger partial charge < -0.3 is 15.2 Å². The average molecular weight is 269 g/mol. The second-order valence-electron chi connectivity index (χ2n) is 4.45. The molecule has 0 saturated heterocycles. The number of rotatable bonds is 7. The molecule has 1 aromatic carbocycles. The normalized spacial score (nSPS) is 12.0. The summed E-state index contributed by atoms with van der Waals surface area (Å²) in [7, 11) is 0. The molecule has 2 N–H and O–H groups in total. The van der Waals surface area contributed by atoms with Gasteiger partial charge in [0, 0.05) is 19.5 Å². The van der Waals surface area contributed by atoms with E-state index in [1.54, 1.807) is 13.0 Å². The van der Waals surface area contributed by atoms with Gasteiger partial charge >= 0.3 is 0 Å². The van der Waals surface area contributed by atoms with Crippen molar-refractivity contribution in [2.75, 3.05) is 13.2 Å². The number of aliphatic hydroxyl groups is 1. The van der Waals surface area contributed by atoms with E-state index in [0.29, 0.717) is 18.7 Å². The Morgan fingerprint density at radius 3 is 2.89 bits per heavy atom. The van der Waals surface area contributed by atoms with Crippen LogP contribution in [-0.2, 0) is 11.2 Å². The molecule has 0 aliphatic heterocycles. The Morgan fingerprint density at radius 2 is 2.26 bits per heavy atom. The lowest BCUT2D eigenvalue weighted by Gasteiger charge is -2.16. The molecule has 106 valence electrons. The van der Waals surface area contributed by atoms with Gasteiger partial charge in [0.25, 0.3) is 0 Å². The fourth-order valence-electron chi connectivity index (χ4n) is 1.64. The van der Waals surface area contributed by atoms with E-state index in [1.165, 1.54) is 19.1 Å². The lowest BCUT2D eigenvalue weighted by molar-refractivity contribution is -0.118. The summed E-state index contributed by atoms with van der Waals surface area (Å²) in [6.45, 7) is 3.63. The van der Waals surface area contributed by atoms with Crippen molar-refractivity contribution in [2.24, 2.45) is 0 Å². The van der Waals surface area contributed by atoms with Gasteiger partial charge in [-0.2, -0.15) is 0 Å². The molecule has 0 radical (unpaired) electrons. The van der Waals surface area contributed by atoms with Gasteiger partial charge in [0.15, 0.2) is 0 Å². The number of aliphatic hydroxyl groups excluding tert-OH is 1. The maximum absolute atomic E-state index is 13.2. The Kier molecular flexibility index (Phi) is 6.29. The second-order valence-corrected chi connectivity index (χ2v) is 4.45. The van der Waals surface area contributed by atoms with Gasteiger partial charge in [0.2, 0.25) is 5.91 Å². The predicted octanol–water partition coefficient (Wildman–Crippen LogP) is 1.65. The van der Waals surface area contributed by atoms with Crippen molar-refractivity contribution in [1.29, 1.82) is 0 Å². The predicted molar refractivity (Wildman–Crippen MR) is 70.6 cm³/mol. The Labute approximate surface area is 112 Å². The van der Waals surface area contributed by atoms with Crippen molar-refractivity contribution in [1.82, 2.24) is 5.32 Å². The SMILES string of the molecule is CC(=O)NCCCc1ccc(F)cc1OC(C)CO. The van der Waals surface area contributed by atoms with Gasteiger partial charge in [0.1, 0.15) is 17.7 Å². The zero-order valence-corrected chi connectivity index (χ0v) is 11.3. The highest BCUT2D eigenvalue weighted by Crippen LogP contribution is 2.22.